The number of methoxy groups -OCH3 is 1. The number of rotatable bonds is 4. The van der Waals surface area contributed by atoms with E-state index in [0.717, 1.165) is 27.8 Å². The van der Waals surface area contributed by atoms with E-state index in [-0.39, 0.29) is 5.97 Å². The van der Waals surface area contributed by atoms with Gasteiger partial charge in [0.25, 0.3) is 0 Å². The van der Waals surface area contributed by atoms with Crippen LogP contribution in [0.15, 0.2) is 77.2 Å². The van der Waals surface area contributed by atoms with Gasteiger partial charge in [-0.1, -0.05) is 48.6 Å². The van der Waals surface area contributed by atoms with E-state index in [0.29, 0.717) is 11.5 Å². The van der Waals surface area contributed by atoms with Crippen molar-refractivity contribution in [3.63, 3.8) is 0 Å². The van der Waals surface area contributed by atoms with Gasteiger partial charge in [-0.2, -0.15) is 0 Å². The summed E-state index contributed by atoms with van der Waals surface area (Å²) in [6.45, 7) is 0. The second-order valence-electron chi connectivity index (χ2n) is 6.06. The maximum Gasteiger partial charge on any atom is 0.337 e. The second kappa shape index (κ2) is 7.30. The lowest BCUT2D eigenvalue weighted by atomic mass is 10.1. The Balaban J connectivity index is 1.50. The predicted molar refractivity (Wildman–Crippen MR) is 106 cm³/mol. The molecule has 1 heterocycles. The summed E-state index contributed by atoms with van der Waals surface area (Å²) in [6, 6.07) is 23.0. The summed E-state index contributed by atoms with van der Waals surface area (Å²) in [4.78, 5) is 16.0. The fraction of sp³-hybridized carbons (Fsp3) is 0.0435. The first-order valence-electron chi connectivity index (χ1n) is 8.55. The fourth-order valence-electron chi connectivity index (χ4n) is 2.77. The molecule has 0 aliphatic carbocycles. The van der Waals surface area contributed by atoms with Gasteiger partial charge in [-0.3, -0.25) is 0 Å². The van der Waals surface area contributed by atoms with Crippen LogP contribution in [0.1, 0.15) is 21.5 Å². The molecule has 0 spiro atoms. The maximum atomic E-state index is 11.5. The molecule has 0 amide bonds. The van der Waals surface area contributed by atoms with Crippen LogP contribution in [0.3, 0.4) is 0 Å². The Morgan fingerprint density at radius 2 is 1.52 bits per heavy atom. The number of oxazole rings is 1. The first kappa shape index (κ1) is 16.8. The molecule has 0 unspecified atom stereocenters. The first-order chi connectivity index (χ1) is 13.2. The van der Waals surface area contributed by atoms with E-state index < -0.39 is 0 Å². The smallest absolute Gasteiger partial charge is 0.337 e. The van der Waals surface area contributed by atoms with Gasteiger partial charge in [0.2, 0.25) is 5.89 Å². The number of hydrogen-bond donors (Lipinski definition) is 0. The zero-order valence-corrected chi connectivity index (χ0v) is 14.8. The molecule has 4 aromatic rings. The predicted octanol–water partition coefficient (Wildman–Crippen LogP) is 5.45. The molecule has 0 fully saturated rings. The minimum Gasteiger partial charge on any atom is -0.465 e. The molecular formula is C23H17NO3. The summed E-state index contributed by atoms with van der Waals surface area (Å²) in [7, 11) is 1.38. The summed E-state index contributed by atoms with van der Waals surface area (Å²) in [5, 5.41) is 0. The van der Waals surface area contributed by atoms with Crippen LogP contribution in [0, 0.1) is 0 Å². The van der Waals surface area contributed by atoms with Crippen LogP contribution in [0.2, 0.25) is 0 Å². The Bertz CT molecular complexity index is 1070. The van der Waals surface area contributed by atoms with Crippen molar-refractivity contribution < 1.29 is 13.9 Å². The molecule has 0 bridgehead atoms. The van der Waals surface area contributed by atoms with E-state index >= 15 is 0 Å². The molecule has 4 nitrogen and oxygen atoms in total. The largest absolute Gasteiger partial charge is 0.465 e. The Morgan fingerprint density at radius 3 is 2.15 bits per heavy atom. The molecule has 0 saturated carbocycles. The highest BCUT2D eigenvalue weighted by atomic mass is 16.5. The summed E-state index contributed by atoms with van der Waals surface area (Å²) in [6.07, 6.45) is 4.01. The summed E-state index contributed by atoms with van der Waals surface area (Å²) < 4.78 is 10.5. The Hall–Kier alpha value is -3.66. The summed E-state index contributed by atoms with van der Waals surface area (Å²) >= 11 is 0. The van der Waals surface area contributed by atoms with Crippen molar-refractivity contribution in [1.82, 2.24) is 4.98 Å². The molecule has 4 rings (SSSR count). The van der Waals surface area contributed by atoms with Crippen LogP contribution in [-0.4, -0.2) is 18.1 Å². The lowest BCUT2D eigenvalue weighted by molar-refractivity contribution is 0.0600. The molecule has 1 aromatic heterocycles. The van der Waals surface area contributed by atoms with Crippen LogP contribution in [0.5, 0.6) is 0 Å². The number of hydrogen-bond acceptors (Lipinski definition) is 4. The highest BCUT2D eigenvalue weighted by Crippen LogP contribution is 2.24. The Kier molecular flexibility index (Phi) is 4.54. The van der Waals surface area contributed by atoms with Gasteiger partial charge in [0, 0.05) is 5.56 Å². The third-order valence-corrected chi connectivity index (χ3v) is 4.25. The van der Waals surface area contributed by atoms with Crippen LogP contribution in [0.4, 0.5) is 0 Å². The van der Waals surface area contributed by atoms with Crippen molar-refractivity contribution in [3.05, 3.63) is 89.5 Å². The lowest BCUT2D eigenvalue weighted by Crippen LogP contribution is -2.00. The van der Waals surface area contributed by atoms with Gasteiger partial charge in [-0.25, -0.2) is 9.78 Å². The summed E-state index contributed by atoms with van der Waals surface area (Å²) in [5.74, 6) is 0.283. The van der Waals surface area contributed by atoms with Gasteiger partial charge >= 0.3 is 5.97 Å². The zero-order valence-electron chi connectivity index (χ0n) is 14.8. The zero-order chi connectivity index (χ0) is 18.6. The van der Waals surface area contributed by atoms with E-state index in [1.165, 1.54) is 7.11 Å². The first-order valence-corrected chi connectivity index (χ1v) is 8.55. The minimum atomic E-state index is -0.333. The highest BCUT2D eigenvalue weighted by molar-refractivity contribution is 5.89. The minimum absolute atomic E-state index is 0.333. The van der Waals surface area contributed by atoms with Gasteiger partial charge in [0.15, 0.2) is 5.58 Å². The van der Waals surface area contributed by atoms with Crippen LogP contribution in [-0.2, 0) is 4.74 Å². The number of para-hydroxylation sites is 2. The lowest BCUT2D eigenvalue weighted by Gasteiger charge is -2.00. The van der Waals surface area contributed by atoms with Crippen LogP contribution in [0.25, 0.3) is 34.7 Å². The molecule has 0 saturated heterocycles. The van der Waals surface area contributed by atoms with E-state index in [4.69, 9.17) is 9.15 Å². The molecule has 4 heteroatoms. The van der Waals surface area contributed by atoms with E-state index in [1.807, 2.05) is 72.8 Å². The topological polar surface area (TPSA) is 52.3 Å². The molecular weight excluding hydrogens is 338 g/mol. The van der Waals surface area contributed by atoms with Gasteiger partial charge in [-0.05, 0) is 47.5 Å². The van der Waals surface area contributed by atoms with Gasteiger partial charge in [0.05, 0.1) is 12.7 Å². The number of aromatic nitrogens is 1. The van der Waals surface area contributed by atoms with Crippen LogP contribution >= 0.6 is 0 Å². The third kappa shape index (κ3) is 3.65. The number of nitrogens with zero attached hydrogens (tertiary/aromatic N) is 1. The number of fused-ring (bicyclic) bond motifs is 1. The number of carbonyl (C=O) groups is 1. The number of benzene rings is 3. The summed E-state index contributed by atoms with van der Waals surface area (Å²) in [5.41, 5.74) is 5.18. The SMILES string of the molecule is COC(=O)c1ccc(C=Cc2ccc(-c3nc4ccccc4o3)cc2)cc1. The van der Waals surface area contributed by atoms with Crippen molar-refractivity contribution in [2.24, 2.45) is 0 Å². The number of ether oxygens (including phenoxy) is 1. The third-order valence-electron chi connectivity index (χ3n) is 4.25. The monoisotopic (exact) mass is 355 g/mol. The molecule has 0 aliphatic rings. The number of esters is 1. The molecule has 0 atom stereocenters. The number of carbonyl (C=O) groups excluding carboxylic acids is 1. The van der Waals surface area contributed by atoms with E-state index in [1.54, 1.807) is 12.1 Å². The molecule has 0 N–H and O–H groups in total. The molecule has 0 aliphatic heterocycles. The normalized spacial score (nSPS) is 11.1. The van der Waals surface area contributed by atoms with Gasteiger partial charge in [-0.15, -0.1) is 0 Å². The van der Waals surface area contributed by atoms with Crippen LogP contribution < -0.4 is 0 Å². The van der Waals surface area contributed by atoms with Crippen molar-refractivity contribution in [2.75, 3.05) is 7.11 Å². The quantitative estimate of drug-likeness (QED) is 0.361. The molecule has 3 aromatic carbocycles. The van der Waals surface area contributed by atoms with Crippen molar-refractivity contribution >= 4 is 29.2 Å². The fourth-order valence-corrected chi connectivity index (χ4v) is 2.77. The van der Waals surface area contributed by atoms with E-state index in [9.17, 15) is 4.79 Å². The van der Waals surface area contributed by atoms with Gasteiger partial charge < -0.3 is 9.15 Å². The standard InChI is InChI=1S/C23H17NO3/c1-26-23(25)19-14-10-17(11-15-19)7-6-16-8-12-18(13-9-16)22-24-20-4-2-3-5-21(20)27-22/h2-15H,1H3. The van der Waals surface area contributed by atoms with Gasteiger partial charge in [0.1, 0.15) is 5.52 Å². The Morgan fingerprint density at radius 1 is 0.889 bits per heavy atom. The molecule has 0 radical (unpaired) electrons. The average molecular weight is 355 g/mol. The van der Waals surface area contributed by atoms with Crippen molar-refractivity contribution in [2.45, 2.75) is 0 Å². The average Bonchev–Trinajstić information content (AvgIpc) is 3.17. The maximum absolute atomic E-state index is 11.5. The van der Waals surface area contributed by atoms with Crippen molar-refractivity contribution in [3.8, 4) is 11.5 Å². The molecule has 27 heavy (non-hydrogen) atoms. The Labute approximate surface area is 156 Å². The molecule has 132 valence electrons. The highest BCUT2D eigenvalue weighted by Gasteiger charge is 2.07. The van der Waals surface area contributed by atoms with Crippen molar-refractivity contribution in [1.29, 1.82) is 0 Å². The van der Waals surface area contributed by atoms with E-state index in [2.05, 4.69) is 4.98 Å². The second-order valence-corrected chi connectivity index (χ2v) is 6.06.